The van der Waals surface area contributed by atoms with Crippen molar-refractivity contribution in [3.05, 3.63) is 85.1 Å². The molecule has 0 radical (unpaired) electrons. The van der Waals surface area contributed by atoms with Gasteiger partial charge >= 0.3 is 17.9 Å². The van der Waals surface area contributed by atoms with Crippen LogP contribution in [0.3, 0.4) is 0 Å². The molecule has 1 unspecified atom stereocenters. The van der Waals surface area contributed by atoms with Crippen LogP contribution < -0.4 is 0 Å². The Hall–Kier alpha value is -3.41. The molecule has 0 aliphatic rings. The van der Waals surface area contributed by atoms with E-state index in [0.29, 0.717) is 19.3 Å². The van der Waals surface area contributed by atoms with Gasteiger partial charge in [0.15, 0.2) is 6.10 Å². The van der Waals surface area contributed by atoms with Gasteiger partial charge in [0.2, 0.25) is 0 Å². The normalized spacial score (nSPS) is 12.7. The number of carbonyl (C=O) groups excluding carboxylic acids is 3. The Bertz CT molecular complexity index is 1330. The lowest BCUT2D eigenvalue weighted by molar-refractivity contribution is -0.167. The van der Waals surface area contributed by atoms with Crippen LogP contribution in [-0.4, -0.2) is 37.2 Å². The average molecular weight is 962 g/mol. The van der Waals surface area contributed by atoms with Gasteiger partial charge in [0, 0.05) is 19.3 Å². The fraction of sp³-hybridized carbons (Fsp3) is 0.730. The zero-order valence-electron chi connectivity index (χ0n) is 45.3. The summed E-state index contributed by atoms with van der Waals surface area (Å²) in [6.07, 6.45) is 74.3. The minimum absolute atomic E-state index is 0.0872. The van der Waals surface area contributed by atoms with Gasteiger partial charge in [-0.15, -0.1) is 0 Å². The molecule has 0 aromatic carbocycles. The number of hydrogen-bond acceptors (Lipinski definition) is 6. The molecule has 0 rings (SSSR count). The molecule has 69 heavy (non-hydrogen) atoms. The topological polar surface area (TPSA) is 78.9 Å². The van der Waals surface area contributed by atoms with Crippen molar-refractivity contribution in [1.82, 2.24) is 0 Å². The molecule has 0 aromatic rings. The van der Waals surface area contributed by atoms with Gasteiger partial charge in [-0.2, -0.15) is 0 Å². The second-order valence-electron chi connectivity index (χ2n) is 19.2. The van der Waals surface area contributed by atoms with Gasteiger partial charge < -0.3 is 14.2 Å². The molecule has 0 bridgehead atoms. The molecule has 0 spiro atoms. The highest BCUT2D eigenvalue weighted by molar-refractivity contribution is 5.71. The first-order valence-electron chi connectivity index (χ1n) is 29.1. The Morgan fingerprint density at radius 1 is 0.304 bits per heavy atom. The van der Waals surface area contributed by atoms with E-state index in [0.717, 1.165) is 109 Å². The van der Waals surface area contributed by atoms with E-state index in [4.69, 9.17) is 14.2 Å². The van der Waals surface area contributed by atoms with E-state index in [1.807, 2.05) is 0 Å². The van der Waals surface area contributed by atoms with Crippen LogP contribution in [0.2, 0.25) is 0 Å². The molecule has 0 amide bonds. The van der Waals surface area contributed by atoms with Gasteiger partial charge in [0.1, 0.15) is 13.2 Å². The number of allylic oxidation sites excluding steroid dienone is 14. The summed E-state index contributed by atoms with van der Waals surface area (Å²) in [4.78, 5) is 38.1. The second-order valence-corrected chi connectivity index (χ2v) is 19.2. The lowest BCUT2D eigenvalue weighted by Crippen LogP contribution is -2.30. The van der Waals surface area contributed by atoms with Crippen LogP contribution >= 0.6 is 0 Å². The van der Waals surface area contributed by atoms with E-state index in [2.05, 4.69) is 106 Å². The van der Waals surface area contributed by atoms with Crippen LogP contribution in [0.5, 0.6) is 0 Å². The zero-order valence-corrected chi connectivity index (χ0v) is 45.3. The second kappa shape index (κ2) is 57.2. The summed E-state index contributed by atoms with van der Waals surface area (Å²) in [6, 6.07) is 0. The maximum absolute atomic E-state index is 12.9. The van der Waals surface area contributed by atoms with Crippen molar-refractivity contribution in [3.63, 3.8) is 0 Å². The lowest BCUT2D eigenvalue weighted by atomic mass is 10.1. The van der Waals surface area contributed by atoms with Gasteiger partial charge in [0.05, 0.1) is 0 Å². The van der Waals surface area contributed by atoms with Gasteiger partial charge in [-0.1, -0.05) is 234 Å². The van der Waals surface area contributed by atoms with Crippen LogP contribution in [0.25, 0.3) is 0 Å². The van der Waals surface area contributed by atoms with Crippen LogP contribution in [-0.2, 0) is 28.6 Å². The Morgan fingerprint density at radius 3 is 0.942 bits per heavy atom. The highest BCUT2D eigenvalue weighted by atomic mass is 16.6. The van der Waals surface area contributed by atoms with Crippen molar-refractivity contribution in [3.8, 4) is 0 Å². The average Bonchev–Trinajstić information content (AvgIpc) is 3.35. The van der Waals surface area contributed by atoms with Crippen molar-refractivity contribution in [2.24, 2.45) is 0 Å². The third-order valence-electron chi connectivity index (χ3n) is 12.4. The summed E-state index contributed by atoms with van der Waals surface area (Å²) in [5.41, 5.74) is 0. The Balaban J connectivity index is 4.36. The van der Waals surface area contributed by atoms with Crippen molar-refractivity contribution in [2.45, 2.75) is 284 Å². The van der Waals surface area contributed by atoms with Gasteiger partial charge in [0.25, 0.3) is 0 Å². The van der Waals surface area contributed by atoms with Crippen molar-refractivity contribution in [1.29, 1.82) is 0 Å². The number of rotatable bonds is 52. The van der Waals surface area contributed by atoms with Crippen molar-refractivity contribution in [2.75, 3.05) is 13.2 Å². The van der Waals surface area contributed by atoms with E-state index < -0.39 is 6.10 Å². The van der Waals surface area contributed by atoms with Gasteiger partial charge in [-0.3, -0.25) is 14.4 Å². The maximum Gasteiger partial charge on any atom is 0.306 e. The molecule has 0 aromatic heterocycles. The summed E-state index contributed by atoms with van der Waals surface area (Å²) in [7, 11) is 0. The number of esters is 3. The molecule has 0 N–H and O–H groups in total. The number of ether oxygens (including phenoxy) is 3. The van der Waals surface area contributed by atoms with Crippen LogP contribution in [0.4, 0.5) is 0 Å². The SMILES string of the molecule is CC/C=C\C/C=C\C/C=C\C/C=C\CCCCCCCCC(=O)OC(COC(=O)CCCCCCC/C=C\CCCC)COC(=O)CCCCCCCCCCC/C=C\C/C=C\CCCCCCC. The first-order valence-corrected chi connectivity index (χ1v) is 29.1. The lowest BCUT2D eigenvalue weighted by Gasteiger charge is -2.18. The molecule has 0 fully saturated rings. The fourth-order valence-corrected chi connectivity index (χ4v) is 7.97. The van der Waals surface area contributed by atoms with Crippen LogP contribution in [0.1, 0.15) is 278 Å². The third kappa shape index (κ3) is 55.4. The molecular formula is C63H108O6. The quantitative estimate of drug-likeness (QED) is 0.0262. The predicted molar refractivity (Wildman–Crippen MR) is 297 cm³/mol. The summed E-state index contributed by atoms with van der Waals surface area (Å²) in [5, 5.41) is 0. The third-order valence-corrected chi connectivity index (χ3v) is 12.4. The first kappa shape index (κ1) is 65.6. The molecule has 0 aliphatic carbocycles. The van der Waals surface area contributed by atoms with Crippen molar-refractivity contribution < 1.29 is 28.6 Å². The maximum atomic E-state index is 12.9. The molecule has 0 saturated heterocycles. The predicted octanol–water partition coefficient (Wildman–Crippen LogP) is 19.5. The Morgan fingerprint density at radius 2 is 0.580 bits per heavy atom. The number of carbonyl (C=O) groups is 3. The van der Waals surface area contributed by atoms with Crippen molar-refractivity contribution >= 4 is 17.9 Å². The summed E-state index contributed by atoms with van der Waals surface area (Å²) in [5.74, 6) is -0.910. The van der Waals surface area contributed by atoms with Gasteiger partial charge in [-0.05, 0) is 109 Å². The minimum Gasteiger partial charge on any atom is -0.462 e. The minimum atomic E-state index is -0.790. The summed E-state index contributed by atoms with van der Waals surface area (Å²) in [6.45, 7) is 6.47. The standard InChI is InChI=1S/C63H108O6/c1-4-7-10-13-16-19-22-24-26-28-30-31-33-34-36-38-41-44-47-50-53-56-62(65)68-59-60(58-67-61(64)55-52-49-46-43-40-21-18-15-12-9-6-3)69-63(66)57-54-51-48-45-42-39-37-35-32-29-27-25-23-20-17-14-11-8-5-2/h8,11,15,17-18,20,22,24-25,27-28,30,32,35,60H,4-7,9-10,12-14,16,19,21,23,26,29,31,33-34,36-59H2,1-3H3/b11-8-,18-15-,20-17-,24-22-,27-25-,30-28-,35-32-. The van der Waals surface area contributed by atoms with E-state index in [-0.39, 0.29) is 31.1 Å². The summed E-state index contributed by atoms with van der Waals surface area (Å²) >= 11 is 0. The van der Waals surface area contributed by atoms with E-state index in [1.54, 1.807) is 0 Å². The van der Waals surface area contributed by atoms with Crippen LogP contribution in [0.15, 0.2) is 85.1 Å². The highest BCUT2D eigenvalue weighted by Gasteiger charge is 2.19. The molecule has 6 nitrogen and oxygen atoms in total. The van der Waals surface area contributed by atoms with E-state index in [9.17, 15) is 14.4 Å². The Kier molecular flexibility index (Phi) is 54.3. The van der Waals surface area contributed by atoms with E-state index in [1.165, 1.54) is 128 Å². The molecule has 396 valence electrons. The number of hydrogen-bond donors (Lipinski definition) is 0. The first-order chi connectivity index (χ1) is 34.0. The smallest absolute Gasteiger partial charge is 0.306 e. The molecule has 0 saturated carbocycles. The monoisotopic (exact) mass is 961 g/mol. The molecule has 6 heteroatoms. The molecule has 0 heterocycles. The molecular weight excluding hydrogens is 853 g/mol. The fourth-order valence-electron chi connectivity index (χ4n) is 7.97. The molecule has 1 atom stereocenters. The van der Waals surface area contributed by atoms with Gasteiger partial charge in [-0.25, -0.2) is 0 Å². The van der Waals surface area contributed by atoms with Crippen LogP contribution in [0, 0.1) is 0 Å². The highest BCUT2D eigenvalue weighted by Crippen LogP contribution is 2.15. The zero-order chi connectivity index (χ0) is 50.0. The molecule has 0 aliphatic heterocycles. The largest absolute Gasteiger partial charge is 0.462 e. The van der Waals surface area contributed by atoms with E-state index >= 15 is 0 Å². The summed E-state index contributed by atoms with van der Waals surface area (Å²) < 4.78 is 16.8. The Labute approximate surface area is 426 Å². The number of unbranched alkanes of at least 4 members (excludes halogenated alkanes) is 27.